The maximum absolute atomic E-state index is 12.7. The quantitative estimate of drug-likeness (QED) is 0.942. The van der Waals surface area contributed by atoms with Crippen LogP contribution in [0, 0.1) is 0 Å². The minimum atomic E-state index is -4.83. The Labute approximate surface area is 111 Å². The second kappa shape index (κ2) is 4.87. The lowest BCUT2D eigenvalue weighted by Gasteiger charge is -2.04. The summed E-state index contributed by atoms with van der Waals surface area (Å²) in [6, 6.07) is 6.00. The Bertz CT molecular complexity index is 632. The molecule has 0 aliphatic carbocycles. The van der Waals surface area contributed by atoms with Crippen molar-refractivity contribution in [3.8, 4) is 11.4 Å². The topological polar surface area (TPSA) is 64.3 Å². The summed E-state index contributed by atoms with van der Waals surface area (Å²) in [5.41, 5.74) is -2.03. The molecule has 106 valence electrons. The fourth-order valence-electron chi connectivity index (χ4n) is 1.61. The summed E-state index contributed by atoms with van der Waals surface area (Å²) in [5, 5.41) is 12.1. The summed E-state index contributed by atoms with van der Waals surface area (Å²) < 4.78 is 43.9. The molecule has 0 fully saturated rings. The summed E-state index contributed by atoms with van der Waals surface area (Å²) >= 11 is 0. The van der Waals surface area contributed by atoms with E-state index in [9.17, 15) is 18.0 Å². The molecular weight excluding hydrogens is 277 g/mol. The van der Waals surface area contributed by atoms with Crippen LogP contribution < -0.4 is 4.74 Å². The molecule has 0 atom stereocenters. The summed E-state index contributed by atoms with van der Waals surface area (Å²) in [7, 11) is 1.45. The maximum atomic E-state index is 12.7. The average Bonchev–Trinajstić information content (AvgIpc) is 2.84. The molecular formula is C12H9F3N2O3. The lowest BCUT2D eigenvalue weighted by atomic mass is 10.2. The number of carboxylic acids is 1. The van der Waals surface area contributed by atoms with Crippen LogP contribution >= 0.6 is 0 Å². The van der Waals surface area contributed by atoms with Crippen LogP contribution in [0.2, 0.25) is 0 Å². The van der Waals surface area contributed by atoms with E-state index in [4.69, 9.17) is 9.84 Å². The van der Waals surface area contributed by atoms with Gasteiger partial charge < -0.3 is 9.84 Å². The van der Waals surface area contributed by atoms with Crippen LogP contribution in [0.15, 0.2) is 30.5 Å². The highest BCUT2D eigenvalue weighted by Crippen LogP contribution is 2.31. The van der Waals surface area contributed by atoms with Crippen LogP contribution in [-0.2, 0) is 6.18 Å². The number of carbonyl (C=O) groups is 1. The number of ether oxygens (including phenoxy) is 1. The summed E-state index contributed by atoms with van der Waals surface area (Å²) in [4.78, 5) is 10.8. The highest BCUT2D eigenvalue weighted by atomic mass is 19.4. The Hall–Kier alpha value is -2.51. The van der Waals surface area contributed by atoms with Crippen molar-refractivity contribution >= 4 is 5.97 Å². The van der Waals surface area contributed by atoms with Gasteiger partial charge in [-0.3, -0.25) is 0 Å². The summed E-state index contributed by atoms with van der Waals surface area (Å²) in [6.07, 6.45) is -4.00. The van der Waals surface area contributed by atoms with Gasteiger partial charge in [-0.15, -0.1) is 0 Å². The number of aromatic carboxylic acids is 1. The molecule has 2 rings (SSSR count). The van der Waals surface area contributed by atoms with Crippen molar-refractivity contribution in [3.05, 3.63) is 41.7 Å². The molecule has 0 spiro atoms. The minimum absolute atomic E-state index is 0.295. The van der Waals surface area contributed by atoms with Gasteiger partial charge >= 0.3 is 12.1 Å². The second-order valence-electron chi connectivity index (χ2n) is 3.84. The number of benzene rings is 1. The van der Waals surface area contributed by atoms with E-state index in [2.05, 4.69) is 5.10 Å². The molecule has 1 aromatic carbocycles. The Morgan fingerprint density at radius 1 is 1.30 bits per heavy atom. The largest absolute Gasteiger partial charge is 0.497 e. The molecule has 1 aromatic heterocycles. The van der Waals surface area contributed by atoms with Gasteiger partial charge in [0.15, 0.2) is 5.69 Å². The molecule has 1 heterocycles. The molecule has 0 amide bonds. The summed E-state index contributed by atoms with van der Waals surface area (Å²) in [5.74, 6) is -1.16. The highest BCUT2D eigenvalue weighted by molar-refractivity contribution is 5.89. The first-order chi connectivity index (χ1) is 9.32. The van der Waals surface area contributed by atoms with Crippen molar-refractivity contribution in [2.75, 3.05) is 7.11 Å². The monoisotopic (exact) mass is 286 g/mol. The Kier molecular flexibility index (Phi) is 3.39. The number of rotatable bonds is 3. The molecule has 8 heteroatoms. The SMILES string of the molecule is COc1ccc(-n2cc(C(=O)O)c(C(F)(F)F)n2)cc1. The highest BCUT2D eigenvalue weighted by Gasteiger charge is 2.39. The van der Waals surface area contributed by atoms with E-state index in [1.165, 1.54) is 31.4 Å². The number of hydrogen-bond donors (Lipinski definition) is 1. The van der Waals surface area contributed by atoms with E-state index >= 15 is 0 Å². The zero-order chi connectivity index (χ0) is 14.9. The van der Waals surface area contributed by atoms with Gasteiger partial charge in [0.25, 0.3) is 0 Å². The minimum Gasteiger partial charge on any atom is -0.497 e. The van der Waals surface area contributed by atoms with Gasteiger partial charge in [0, 0.05) is 6.20 Å². The molecule has 0 saturated carbocycles. The van der Waals surface area contributed by atoms with Crippen LogP contribution in [-0.4, -0.2) is 28.0 Å². The molecule has 20 heavy (non-hydrogen) atoms. The third-order valence-electron chi connectivity index (χ3n) is 2.55. The van der Waals surface area contributed by atoms with Crippen LogP contribution in [0.4, 0.5) is 13.2 Å². The van der Waals surface area contributed by atoms with E-state index in [0.29, 0.717) is 11.4 Å². The Morgan fingerprint density at radius 2 is 1.90 bits per heavy atom. The predicted octanol–water partition coefficient (Wildman–Crippen LogP) is 2.60. The number of methoxy groups -OCH3 is 1. The van der Waals surface area contributed by atoms with Crippen LogP contribution in [0.3, 0.4) is 0 Å². The van der Waals surface area contributed by atoms with E-state index in [-0.39, 0.29) is 0 Å². The fourth-order valence-corrected chi connectivity index (χ4v) is 1.61. The van der Waals surface area contributed by atoms with Crippen molar-refractivity contribution in [3.63, 3.8) is 0 Å². The van der Waals surface area contributed by atoms with Gasteiger partial charge in [-0.05, 0) is 24.3 Å². The number of nitrogens with zero attached hydrogens (tertiary/aromatic N) is 2. The van der Waals surface area contributed by atoms with E-state index in [0.717, 1.165) is 10.9 Å². The lowest BCUT2D eigenvalue weighted by molar-refractivity contribution is -0.141. The molecule has 0 radical (unpaired) electrons. The van der Waals surface area contributed by atoms with Crippen molar-refractivity contribution in [1.82, 2.24) is 9.78 Å². The first-order valence-corrected chi connectivity index (χ1v) is 5.37. The normalized spacial score (nSPS) is 11.4. The molecule has 0 unspecified atom stereocenters. The van der Waals surface area contributed by atoms with Gasteiger partial charge in [-0.25, -0.2) is 9.48 Å². The van der Waals surface area contributed by atoms with Gasteiger partial charge in [-0.1, -0.05) is 0 Å². The van der Waals surface area contributed by atoms with Gasteiger partial charge in [0.2, 0.25) is 0 Å². The fraction of sp³-hybridized carbons (Fsp3) is 0.167. The molecule has 1 N–H and O–H groups in total. The number of hydrogen-bond acceptors (Lipinski definition) is 3. The van der Waals surface area contributed by atoms with Gasteiger partial charge in [-0.2, -0.15) is 18.3 Å². The second-order valence-corrected chi connectivity index (χ2v) is 3.84. The maximum Gasteiger partial charge on any atom is 0.436 e. The molecule has 0 bridgehead atoms. The number of carboxylic acid groups (broad SMARTS) is 1. The van der Waals surface area contributed by atoms with Crippen molar-refractivity contribution < 1.29 is 27.8 Å². The number of alkyl halides is 3. The molecule has 0 saturated heterocycles. The first kappa shape index (κ1) is 13.9. The zero-order valence-electron chi connectivity index (χ0n) is 10.2. The van der Waals surface area contributed by atoms with Gasteiger partial charge in [0.1, 0.15) is 11.3 Å². The number of halogens is 3. The first-order valence-electron chi connectivity index (χ1n) is 5.37. The van der Waals surface area contributed by atoms with Crippen LogP contribution in [0.25, 0.3) is 5.69 Å². The average molecular weight is 286 g/mol. The van der Waals surface area contributed by atoms with Crippen molar-refractivity contribution in [1.29, 1.82) is 0 Å². The van der Waals surface area contributed by atoms with Crippen molar-refractivity contribution in [2.45, 2.75) is 6.18 Å². The Morgan fingerprint density at radius 3 is 2.30 bits per heavy atom. The van der Waals surface area contributed by atoms with E-state index < -0.39 is 23.4 Å². The lowest BCUT2D eigenvalue weighted by Crippen LogP contribution is -2.12. The van der Waals surface area contributed by atoms with Gasteiger partial charge in [0.05, 0.1) is 12.8 Å². The molecule has 2 aromatic rings. The predicted molar refractivity (Wildman–Crippen MR) is 62.1 cm³/mol. The third-order valence-corrected chi connectivity index (χ3v) is 2.55. The smallest absolute Gasteiger partial charge is 0.436 e. The molecule has 5 nitrogen and oxygen atoms in total. The molecule has 0 aliphatic heterocycles. The van der Waals surface area contributed by atoms with E-state index in [1.807, 2.05) is 0 Å². The third kappa shape index (κ3) is 2.58. The standard InChI is InChI=1S/C12H9F3N2O3/c1-20-8-4-2-7(3-5-8)17-6-9(11(18)19)10(16-17)12(13,14)15/h2-6H,1H3,(H,18,19). The number of aromatic nitrogens is 2. The zero-order valence-corrected chi connectivity index (χ0v) is 10.2. The van der Waals surface area contributed by atoms with Crippen LogP contribution in [0.1, 0.15) is 16.1 Å². The van der Waals surface area contributed by atoms with Crippen molar-refractivity contribution in [2.24, 2.45) is 0 Å². The van der Waals surface area contributed by atoms with Crippen LogP contribution in [0.5, 0.6) is 5.75 Å². The van der Waals surface area contributed by atoms with E-state index in [1.54, 1.807) is 0 Å². The molecule has 0 aliphatic rings. The summed E-state index contributed by atoms with van der Waals surface area (Å²) in [6.45, 7) is 0. The Balaban J connectivity index is 2.50.